The zero-order chi connectivity index (χ0) is 26.8. The van der Waals surface area contributed by atoms with Crippen LogP contribution in [0.3, 0.4) is 0 Å². The van der Waals surface area contributed by atoms with Crippen molar-refractivity contribution in [1.82, 2.24) is 15.2 Å². The molecule has 0 aliphatic carbocycles. The number of aromatic nitrogens is 2. The van der Waals surface area contributed by atoms with Gasteiger partial charge in [-0.25, -0.2) is 14.9 Å². The number of nitrogens with one attached hydrogen (secondary N) is 2. The predicted octanol–water partition coefficient (Wildman–Crippen LogP) is 3.62. The van der Waals surface area contributed by atoms with Crippen molar-refractivity contribution in [2.45, 2.75) is 40.0 Å². The number of H-pyrrole nitrogens is 1. The molecule has 2 N–H and O–H groups in total. The lowest BCUT2D eigenvalue weighted by Crippen LogP contribution is -2.23. The number of hydrazone groups is 1. The van der Waals surface area contributed by atoms with E-state index in [2.05, 4.69) is 41.1 Å². The molecule has 0 saturated heterocycles. The van der Waals surface area contributed by atoms with Gasteiger partial charge in [0.15, 0.2) is 0 Å². The molecule has 1 heterocycles. The van der Waals surface area contributed by atoms with Gasteiger partial charge in [-0.05, 0) is 49.1 Å². The molecule has 11 nitrogen and oxygen atoms in total. The summed E-state index contributed by atoms with van der Waals surface area (Å²) in [5, 5.41) is 18.4. The maximum Gasteiger partial charge on any atom is 0.344 e. The Kier molecular flexibility index (Phi) is 7.23. The molecule has 0 spiro atoms. The minimum atomic E-state index is -0.894. The third kappa shape index (κ3) is 5.24. The Bertz CT molecular complexity index is 1420. The Hall–Kier alpha value is -4.54. The molecule has 1 amide bonds. The van der Waals surface area contributed by atoms with E-state index in [1.165, 1.54) is 10.7 Å². The lowest BCUT2D eigenvalue weighted by atomic mass is 9.87. The monoisotopic (exact) mass is 493 g/mol. The molecule has 1 aromatic heterocycles. The summed E-state index contributed by atoms with van der Waals surface area (Å²) in [6.07, 6.45) is 0. The summed E-state index contributed by atoms with van der Waals surface area (Å²) >= 11 is 0. The lowest BCUT2D eigenvalue weighted by molar-refractivity contribution is -0.385. The van der Waals surface area contributed by atoms with E-state index >= 15 is 0 Å². The van der Waals surface area contributed by atoms with Gasteiger partial charge in [0.2, 0.25) is 0 Å². The number of rotatable bonds is 6. The van der Waals surface area contributed by atoms with E-state index in [0.717, 1.165) is 24.8 Å². The third-order valence-corrected chi connectivity index (χ3v) is 5.61. The van der Waals surface area contributed by atoms with E-state index in [0.29, 0.717) is 11.4 Å². The smallest absolute Gasteiger partial charge is 0.344 e. The molecule has 0 bridgehead atoms. The van der Waals surface area contributed by atoms with Crippen molar-refractivity contribution >= 4 is 23.3 Å². The van der Waals surface area contributed by atoms with E-state index in [1.807, 2.05) is 24.3 Å². The van der Waals surface area contributed by atoms with Crippen LogP contribution in [0.2, 0.25) is 0 Å². The summed E-state index contributed by atoms with van der Waals surface area (Å²) < 4.78 is 5.93. The summed E-state index contributed by atoms with van der Waals surface area (Å²) in [7, 11) is 1.10. The topological polar surface area (TPSA) is 149 Å². The Morgan fingerprint density at radius 1 is 1.14 bits per heavy atom. The molecular weight excluding hydrogens is 466 g/mol. The van der Waals surface area contributed by atoms with Gasteiger partial charge in [0.25, 0.3) is 17.2 Å². The van der Waals surface area contributed by atoms with Crippen molar-refractivity contribution in [2.24, 2.45) is 5.10 Å². The maximum atomic E-state index is 13.1. The van der Waals surface area contributed by atoms with Crippen LogP contribution < -0.4 is 11.0 Å². The molecular formula is C25H27N5O6. The molecule has 188 valence electrons. The van der Waals surface area contributed by atoms with E-state index in [-0.39, 0.29) is 33.4 Å². The standard InChI is InChI=1S/C25H27N5O6/c1-14(26-27-22(31)16-7-12-19(24(33)36-6)20(13-16)30(34)35)21-15(2)28-29(23(21)32)18-10-8-17(9-11-18)25(3,4)5/h7-13,28H,1-6H3,(H,27,31)/b26-14-. The van der Waals surface area contributed by atoms with Gasteiger partial charge in [0.1, 0.15) is 5.56 Å². The number of nitro benzene ring substituents is 1. The summed E-state index contributed by atoms with van der Waals surface area (Å²) in [5.41, 5.74) is 3.84. The fourth-order valence-corrected chi connectivity index (χ4v) is 3.63. The van der Waals surface area contributed by atoms with E-state index in [1.54, 1.807) is 13.8 Å². The number of hydrogen-bond donors (Lipinski definition) is 2. The summed E-state index contributed by atoms with van der Waals surface area (Å²) in [6, 6.07) is 11.0. The molecule has 3 aromatic rings. The van der Waals surface area contributed by atoms with Crippen LogP contribution in [0.1, 0.15) is 65.2 Å². The quantitative estimate of drug-likeness (QED) is 0.232. The van der Waals surface area contributed by atoms with E-state index < -0.39 is 22.5 Å². The van der Waals surface area contributed by atoms with Gasteiger partial charge in [-0.3, -0.25) is 24.8 Å². The number of aromatic amines is 1. The summed E-state index contributed by atoms with van der Waals surface area (Å²) in [5.74, 6) is -1.64. The number of carbonyl (C=O) groups is 2. The second-order valence-electron chi connectivity index (χ2n) is 9.17. The second-order valence-corrected chi connectivity index (χ2v) is 9.17. The van der Waals surface area contributed by atoms with Crippen molar-refractivity contribution in [1.29, 1.82) is 0 Å². The Balaban J connectivity index is 1.87. The van der Waals surface area contributed by atoms with Crippen molar-refractivity contribution in [3.63, 3.8) is 0 Å². The number of esters is 1. The van der Waals surface area contributed by atoms with Gasteiger partial charge >= 0.3 is 5.97 Å². The Labute approximate surface area is 206 Å². The molecule has 0 atom stereocenters. The van der Waals surface area contributed by atoms with Crippen molar-refractivity contribution < 1.29 is 19.2 Å². The molecule has 36 heavy (non-hydrogen) atoms. The molecule has 0 saturated carbocycles. The lowest BCUT2D eigenvalue weighted by Gasteiger charge is -2.19. The van der Waals surface area contributed by atoms with Gasteiger partial charge in [-0.1, -0.05) is 32.9 Å². The molecule has 2 aromatic carbocycles. The highest BCUT2D eigenvalue weighted by atomic mass is 16.6. The highest BCUT2D eigenvalue weighted by molar-refractivity contribution is 6.02. The number of carbonyl (C=O) groups excluding carboxylic acids is 2. The molecule has 11 heteroatoms. The van der Waals surface area contributed by atoms with Crippen LogP contribution in [0.15, 0.2) is 52.4 Å². The fourth-order valence-electron chi connectivity index (χ4n) is 3.63. The van der Waals surface area contributed by atoms with E-state index in [4.69, 9.17) is 0 Å². The first-order valence-electron chi connectivity index (χ1n) is 11.0. The first-order valence-corrected chi connectivity index (χ1v) is 11.0. The van der Waals surface area contributed by atoms with Crippen molar-refractivity contribution in [3.05, 3.63) is 90.9 Å². The second kappa shape index (κ2) is 9.98. The summed E-state index contributed by atoms with van der Waals surface area (Å²) in [4.78, 5) is 47.9. The average Bonchev–Trinajstić information content (AvgIpc) is 3.14. The van der Waals surface area contributed by atoms with Crippen LogP contribution in [0.25, 0.3) is 5.69 Å². The molecule has 0 aliphatic rings. The maximum absolute atomic E-state index is 13.1. The normalized spacial score (nSPS) is 11.8. The number of hydrogen-bond acceptors (Lipinski definition) is 7. The largest absolute Gasteiger partial charge is 0.465 e. The van der Waals surface area contributed by atoms with Crippen LogP contribution >= 0.6 is 0 Å². The summed E-state index contributed by atoms with van der Waals surface area (Å²) in [6.45, 7) is 9.58. The van der Waals surface area contributed by atoms with Crippen LogP contribution in [0, 0.1) is 17.0 Å². The number of nitrogens with zero attached hydrogens (tertiary/aromatic N) is 3. The number of amides is 1. The minimum absolute atomic E-state index is 0.0260. The van der Waals surface area contributed by atoms with Crippen LogP contribution in [0.5, 0.6) is 0 Å². The number of benzene rings is 2. The number of methoxy groups -OCH3 is 1. The number of aryl methyl sites for hydroxylation is 1. The fraction of sp³-hybridized carbons (Fsp3) is 0.280. The molecule has 0 radical (unpaired) electrons. The van der Waals surface area contributed by atoms with Gasteiger partial charge in [-0.15, -0.1) is 0 Å². The van der Waals surface area contributed by atoms with Gasteiger partial charge in [-0.2, -0.15) is 5.10 Å². The van der Waals surface area contributed by atoms with Gasteiger partial charge in [0.05, 0.1) is 29.0 Å². The molecule has 0 unspecified atom stereocenters. The van der Waals surface area contributed by atoms with Crippen molar-refractivity contribution in [2.75, 3.05) is 7.11 Å². The van der Waals surface area contributed by atoms with Gasteiger partial charge < -0.3 is 4.74 Å². The van der Waals surface area contributed by atoms with Crippen molar-refractivity contribution in [3.8, 4) is 5.69 Å². The minimum Gasteiger partial charge on any atom is -0.465 e. The number of ether oxygens (including phenoxy) is 1. The zero-order valence-electron chi connectivity index (χ0n) is 20.8. The highest BCUT2D eigenvalue weighted by Gasteiger charge is 2.23. The molecule has 0 fully saturated rings. The number of nitro groups is 1. The molecule has 3 rings (SSSR count). The van der Waals surface area contributed by atoms with Gasteiger partial charge in [0, 0.05) is 17.3 Å². The highest BCUT2D eigenvalue weighted by Crippen LogP contribution is 2.23. The zero-order valence-corrected chi connectivity index (χ0v) is 20.8. The first-order chi connectivity index (χ1) is 16.8. The van der Waals surface area contributed by atoms with Crippen LogP contribution in [-0.4, -0.2) is 39.4 Å². The first kappa shape index (κ1) is 26.1. The average molecular weight is 494 g/mol. The van der Waals surface area contributed by atoms with Crippen LogP contribution in [0.4, 0.5) is 5.69 Å². The Morgan fingerprint density at radius 2 is 1.78 bits per heavy atom. The Morgan fingerprint density at radius 3 is 2.33 bits per heavy atom. The molecule has 0 aliphatic heterocycles. The van der Waals surface area contributed by atoms with Crippen LogP contribution in [-0.2, 0) is 10.2 Å². The third-order valence-electron chi connectivity index (χ3n) is 5.61. The predicted molar refractivity (Wildman–Crippen MR) is 134 cm³/mol. The van der Waals surface area contributed by atoms with E-state index in [9.17, 15) is 24.5 Å². The SMILES string of the molecule is COC(=O)c1ccc(C(=O)N/N=C(/C)c2c(C)[nH]n(-c3ccc(C(C)(C)C)cc3)c2=O)cc1[N+](=O)[O-].